The zero-order valence-electron chi connectivity index (χ0n) is 10.6. The first-order valence-corrected chi connectivity index (χ1v) is 6.74. The standard InChI is InChI=1S/C13H14ClN3O2/c1-7-10-11(14)9(13(18)19)6-15-12(10)17(16-7)8-4-2-3-5-8/h6,8H,2-5H2,1H3,(H,18,19). The van der Waals surface area contributed by atoms with Crippen molar-refractivity contribution in [1.29, 1.82) is 0 Å². The second kappa shape index (κ2) is 4.49. The average molecular weight is 280 g/mol. The molecule has 0 unspecified atom stereocenters. The molecule has 3 rings (SSSR count). The molecule has 0 aliphatic heterocycles. The van der Waals surface area contributed by atoms with Crippen LogP contribution in [-0.2, 0) is 0 Å². The van der Waals surface area contributed by atoms with Crippen molar-refractivity contribution in [3.8, 4) is 0 Å². The number of aromatic nitrogens is 3. The summed E-state index contributed by atoms with van der Waals surface area (Å²) in [5, 5.41) is 14.5. The van der Waals surface area contributed by atoms with E-state index in [1.165, 1.54) is 19.0 Å². The van der Waals surface area contributed by atoms with Gasteiger partial charge in [0.25, 0.3) is 0 Å². The van der Waals surface area contributed by atoms with Crippen molar-refractivity contribution in [2.24, 2.45) is 0 Å². The molecular weight excluding hydrogens is 266 g/mol. The molecule has 0 atom stereocenters. The van der Waals surface area contributed by atoms with Gasteiger partial charge in [-0.15, -0.1) is 0 Å². The summed E-state index contributed by atoms with van der Waals surface area (Å²) in [5.74, 6) is -1.06. The fraction of sp³-hybridized carbons (Fsp3) is 0.462. The number of halogens is 1. The van der Waals surface area contributed by atoms with E-state index in [2.05, 4.69) is 10.1 Å². The van der Waals surface area contributed by atoms with E-state index in [1.54, 1.807) is 0 Å². The number of carboxylic acids is 1. The van der Waals surface area contributed by atoms with Crippen molar-refractivity contribution in [3.63, 3.8) is 0 Å². The van der Waals surface area contributed by atoms with Gasteiger partial charge in [0.15, 0.2) is 5.65 Å². The lowest BCUT2D eigenvalue weighted by atomic mass is 10.2. The first-order valence-electron chi connectivity index (χ1n) is 6.36. The van der Waals surface area contributed by atoms with E-state index >= 15 is 0 Å². The molecule has 100 valence electrons. The molecule has 5 nitrogen and oxygen atoms in total. The largest absolute Gasteiger partial charge is 0.478 e. The van der Waals surface area contributed by atoms with Crippen molar-refractivity contribution >= 4 is 28.6 Å². The predicted octanol–water partition coefficient (Wildman–Crippen LogP) is 3.21. The lowest BCUT2D eigenvalue weighted by Crippen LogP contribution is -2.08. The number of carbonyl (C=O) groups is 1. The van der Waals surface area contributed by atoms with E-state index in [-0.39, 0.29) is 10.6 Å². The number of fused-ring (bicyclic) bond motifs is 1. The highest BCUT2D eigenvalue weighted by molar-refractivity contribution is 6.38. The Labute approximate surface area is 115 Å². The molecule has 0 radical (unpaired) electrons. The maximum atomic E-state index is 11.1. The van der Waals surface area contributed by atoms with Gasteiger partial charge >= 0.3 is 5.97 Å². The van der Waals surface area contributed by atoms with E-state index in [4.69, 9.17) is 16.7 Å². The molecule has 0 bridgehead atoms. The number of aromatic carboxylic acids is 1. The zero-order valence-corrected chi connectivity index (χ0v) is 11.3. The first-order chi connectivity index (χ1) is 9.09. The lowest BCUT2D eigenvalue weighted by molar-refractivity contribution is 0.0697. The Kier molecular flexibility index (Phi) is 2.93. The number of carboxylic acid groups (broad SMARTS) is 1. The molecule has 0 aromatic carbocycles. The van der Waals surface area contributed by atoms with Crippen LogP contribution in [0.4, 0.5) is 0 Å². The van der Waals surface area contributed by atoms with Crippen molar-refractivity contribution in [1.82, 2.24) is 14.8 Å². The number of nitrogens with zero attached hydrogens (tertiary/aromatic N) is 3. The van der Waals surface area contributed by atoms with Crippen molar-refractivity contribution in [3.05, 3.63) is 22.5 Å². The molecule has 0 spiro atoms. The van der Waals surface area contributed by atoms with Crippen LogP contribution < -0.4 is 0 Å². The van der Waals surface area contributed by atoms with Gasteiger partial charge in [0.05, 0.1) is 27.7 Å². The van der Waals surface area contributed by atoms with Gasteiger partial charge in [-0.3, -0.25) is 0 Å². The Morgan fingerprint density at radius 2 is 2.16 bits per heavy atom. The molecule has 6 heteroatoms. The number of rotatable bonds is 2. The summed E-state index contributed by atoms with van der Waals surface area (Å²) < 4.78 is 1.91. The highest BCUT2D eigenvalue weighted by atomic mass is 35.5. The van der Waals surface area contributed by atoms with Gasteiger partial charge in [-0.2, -0.15) is 5.10 Å². The minimum atomic E-state index is -1.06. The first kappa shape index (κ1) is 12.4. The third-order valence-electron chi connectivity index (χ3n) is 3.73. The smallest absolute Gasteiger partial charge is 0.338 e. The number of pyridine rings is 1. The summed E-state index contributed by atoms with van der Waals surface area (Å²) in [4.78, 5) is 15.4. The molecule has 1 fully saturated rings. The van der Waals surface area contributed by atoms with Gasteiger partial charge in [0.2, 0.25) is 0 Å². The maximum absolute atomic E-state index is 11.1. The van der Waals surface area contributed by atoms with Gasteiger partial charge in [-0.1, -0.05) is 24.4 Å². The topological polar surface area (TPSA) is 68.0 Å². The van der Waals surface area contributed by atoms with Crippen molar-refractivity contribution in [2.45, 2.75) is 38.6 Å². The third-order valence-corrected chi connectivity index (χ3v) is 4.13. The molecule has 1 N–H and O–H groups in total. The zero-order chi connectivity index (χ0) is 13.6. The van der Waals surface area contributed by atoms with Crippen LogP contribution in [0.3, 0.4) is 0 Å². The van der Waals surface area contributed by atoms with E-state index in [0.29, 0.717) is 17.1 Å². The van der Waals surface area contributed by atoms with E-state index in [0.717, 1.165) is 18.5 Å². The number of aryl methyl sites for hydroxylation is 1. The Bertz CT molecular complexity index is 659. The van der Waals surface area contributed by atoms with Crippen molar-refractivity contribution in [2.75, 3.05) is 0 Å². The maximum Gasteiger partial charge on any atom is 0.338 e. The summed E-state index contributed by atoms with van der Waals surface area (Å²) >= 11 is 6.19. The van der Waals surface area contributed by atoms with Crippen LogP contribution in [0.15, 0.2) is 6.20 Å². The van der Waals surface area contributed by atoms with Gasteiger partial charge in [0, 0.05) is 6.20 Å². The van der Waals surface area contributed by atoms with Crippen LogP contribution in [0.5, 0.6) is 0 Å². The SMILES string of the molecule is Cc1nn(C2CCCC2)c2ncc(C(=O)O)c(Cl)c12. The Balaban J connectivity index is 2.23. The van der Waals surface area contributed by atoms with Gasteiger partial charge in [-0.25, -0.2) is 14.5 Å². The second-order valence-electron chi connectivity index (χ2n) is 4.96. The Morgan fingerprint density at radius 1 is 1.47 bits per heavy atom. The normalized spacial score (nSPS) is 16.3. The molecule has 0 saturated heterocycles. The van der Waals surface area contributed by atoms with Gasteiger partial charge in [-0.05, 0) is 19.8 Å². The fourth-order valence-electron chi connectivity index (χ4n) is 2.79. The van der Waals surface area contributed by atoms with Gasteiger partial charge < -0.3 is 5.11 Å². The van der Waals surface area contributed by atoms with E-state index < -0.39 is 5.97 Å². The quantitative estimate of drug-likeness (QED) is 0.916. The fourth-order valence-corrected chi connectivity index (χ4v) is 3.14. The molecule has 2 heterocycles. The molecule has 19 heavy (non-hydrogen) atoms. The summed E-state index contributed by atoms with van der Waals surface area (Å²) in [6.45, 7) is 1.84. The van der Waals surface area contributed by atoms with E-state index in [1.807, 2.05) is 11.6 Å². The Hall–Kier alpha value is -1.62. The Morgan fingerprint density at radius 3 is 2.79 bits per heavy atom. The summed E-state index contributed by atoms with van der Waals surface area (Å²) in [6.07, 6.45) is 5.91. The van der Waals surface area contributed by atoms with Crippen molar-refractivity contribution < 1.29 is 9.90 Å². The number of hydrogen-bond acceptors (Lipinski definition) is 3. The summed E-state index contributed by atoms with van der Waals surface area (Å²) in [7, 11) is 0. The molecule has 1 saturated carbocycles. The highest BCUT2D eigenvalue weighted by Crippen LogP contribution is 2.35. The minimum Gasteiger partial charge on any atom is -0.478 e. The lowest BCUT2D eigenvalue weighted by Gasteiger charge is -2.10. The molecular formula is C13H14ClN3O2. The number of hydrogen-bond donors (Lipinski definition) is 1. The van der Waals surface area contributed by atoms with Crippen LogP contribution >= 0.6 is 11.6 Å². The second-order valence-corrected chi connectivity index (χ2v) is 5.34. The van der Waals surface area contributed by atoms with E-state index in [9.17, 15) is 4.79 Å². The predicted molar refractivity (Wildman–Crippen MR) is 71.7 cm³/mol. The monoisotopic (exact) mass is 279 g/mol. The van der Waals surface area contributed by atoms with Crippen LogP contribution in [0.1, 0.15) is 47.8 Å². The van der Waals surface area contributed by atoms with Crippen LogP contribution in [0.25, 0.3) is 11.0 Å². The average Bonchev–Trinajstić information content (AvgIpc) is 2.97. The molecule has 2 aromatic heterocycles. The molecule has 1 aliphatic rings. The molecule has 0 amide bonds. The third kappa shape index (κ3) is 1.89. The highest BCUT2D eigenvalue weighted by Gasteiger charge is 2.24. The van der Waals surface area contributed by atoms with Crippen LogP contribution in [-0.4, -0.2) is 25.8 Å². The van der Waals surface area contributed by atoms with Gasteiger partial charge in [0.1, 0.15) is 0 Å². The summed E-state index contributed by atoms with van der Waals surface area (Å²) in [6, 6.07) is 0.357. The van der Waals surface area contributed by atoms with Crippen LogP contribution in [0, 0.1) is 6.92 Å². The summed E-state index contributed by atoms with van der Waals surface area (Å²) in [5.41, 5.74) is 1.46. The molecule has 1 aliphatic carbocycles. The van der Waals surface area contributed by atoms with Crippen LogP contribution in [0.2, 0.25) is 5.02 Å². The molecule has 2 aromatic rings. The minimum absolute atomic E-state index is 0.0308.